The second kappa shape index (κ2) is 11.9. The van der Waals surface area contributed by atoms with Crippen molar-refractivity contribution in [1.29, 1.82) is 0 Å². The first-order chi connectivity index (χ1) is 22.8. The van der Waals surface area contributed by atoms with E-state index in [0.29, 0.717) is 34.9 Å². The molecule has 0 unspecified atom stereocenters. The number of hydrogen-bond donors (Lipinski definition) is 0. The van der Waals surface area contributed by atoms with Gasteiger partial charge >= 0.3 is 0 Å². The monoisotopic (exact) mass is 590 g/mol. The van der Waals surface area contributed by atoms with Crippen LogP contribution in [-0.2, 0) is 0 Å². The Morgan fingerprint density at radius 3 is 0.739 bits per heavy atom. The van der Waals surface area contributed by atoms with Gasteiger partial charge in [0.15, 0.2) is 34.9 Å². The molecular formula is C40H26N6. The Morgan fingerprint density at radius 2 is 0.457 bits per heavy atom. The van der Waals surface area contributed by atoms with Gasteiger partial charge in [-0.2, -0.15) is 0 Å². The van der Waals surface area contributed by atoms with Crippen LogP contribution in [0.5, 0.6) is 0 Å². The summed E-state index contributed by atoms with van der Waals surface area (Å²) >= 11 is 0. The maximum Gasteiger partial charge on any atom is 0.164 e. The van der Waals surface area contributed by atoms with Crippen molar-refractivity contribution in [1.82, 2.24) is 29.9 Å². The minimum atomic E-state index is 0.598. The van der Waals surface area contributed by atoms with Crippen molar-refractivity contribution in [2.24, 2.45) is 0 Å². The molecule has 46 heavy (non-hydrogen) atoms. The first kappa shape index (κ1) is 27.2. The van der Waals surface area contributed by atoms with Gasteiger partial charge in [-0.05, 0) is 22.9 Å². The van der Waals surface area contributed by atoms with Crippen LogP contribution in [0.2, 0.25) is 0 Å². The molecule has 0 N–H and O–H groups in total. The second-order valence-electron chi connectivity index (χ2n) is 10.8. The van der Waals surface area contributed by atoms with Crippen molar-refractivity contribution >= 4 is 10.8 Å². The molecule has 0 aliphatic carbocycles. The predicted octanol–water partition coefficient (Wildman–Crippen LogP) is 9.21. The smallest absolute Gasteiger partial charge is 0.164 e. The van der Waals surface area contributed by atoms with Crippen molar-refractivity contribution in [3.63, 3.8) is 0 Å². The van der Waals surface area contributed by atoms with Gasteiger partial charge in [0.05, 0.1) is 0 Å². The van der Waals surface area contributed by atoms with Gasteiger partial charge in [-0.1, -0.05) is 146 Å². The van der Waals surface area contributed by atoms with Crippen molar-refractivity contribution in [2.75, 3.05) is 0 Å². The highest BCUT2D eigenvalue weighted by Crippen LogP contribution is 2.35. The molecular weight excluding hydrogens is 564 g/mol. The van der Waals surface area contributed by atoms with Crippen molar-refractivity contribution in [2.45, 2.75) is 0 Å². The van der Waals surface area contributed by atoms with Crippen molar-refractivity contribution in [3.8, 4) is 68.3 Å². The van der Waals surface area contributed by atoms with Crippen LogP contribution in [0.25, 0.3) is 79.1 Å². The standard InChI is InChI=1S/C40H26N6/c1-5-15-27(16-6-1)35-41-36(28-17-7-2-8-18-28)44-39(43-35)33-25-26-34(32-24-14-13-23-31(32)33)40-45-37(29-19-9-3-10-20-29)42-38(46-40)30-21-11-4-12-22-30/h1-26H. The lowest BCUT2D eigenvalue weighted by molar-refractivity contribution is 1.07. The highest BCUT2D eigenvalue weighted by Gasteiger charge is 2.18. The van der Waals surface area contributed by atoms with E-state index in [1.165, 1.54) is 0 Å². The van der Waals surface area contributed by atoms with Crippen LogP contribution in [0.1, 0.15) is 0 Å². The van der Waals surface area contributed by atoms with E-state index in [0.717, 1.165) is 44.2 Å². The Hall–Kier alpha value is -6.40. The van der Waals surface area contributed by atoms with Gasteiger partial charge in [-0.3, -0.25) is 0 Å². The molecule has 6 heteroatoms. The lowest BCUT2D eigenvalue weighted by Gasteiger charge is -2.13. The molecule has 8 rings (SSSR count). The van der Waals surface area contributed by atoms with Crippen LogP contribution in [0.4, 0.5) is 0 Å². The SMILES string of the molecule is c1ccc(-c2nc(-c3ccccc3)nc(-c3ccc(-c4nc(-c5ccccc5)nc(-c5ccccc5)n4)c4ccccc34)n2)cc1. The molecule has 216 valence electrons. The van der Waals surface area contributed by atoms with Gasteiger partial charge in [0, 0.05) is 33.4 Å². The second-order valence-corrected chi connectivity index (χ2v) is 10.8. The fourth-order valence-electron chi connectivity index (χ4n) is 5.55. The minimum absolute atomic E-state index is 0.598. The third kappa shape index (κ3) is 5.29. The third-order valence-corrected chi connectivity index (χ3v) is 7.80. The van der Waals surface area contributed by atoms with Crippen molar-refractivity contribution in [3.05, 3.63) is 158 Å². The molecule has 2 heterocycles. The molecule has 0 radical (unpaired) electrons. The third-order valence-electron chi connectivity index (χ3n) is 7.80. The lowest BCUT2D eigenvalue weighted by atomic mass is 9.98. The Morgan fingerprint density at radius 1 is 0.217 bits per heavy atom. The Kier molecular flexibility index (Phi) is 7.05. The Balaban J connectivity index is 1.33. The van der Waals surface area contributed by atoms with Crippen LogP contribution in [0, 0.1) is 0 Å². The Bertz CT molecular complexity index is 2010. The quantitative estimate of drug-likeness (QED) is 0.192. The number of aromatic nitrogens is 6. The summed E-state index contributed by atoms with van der Waals surface area (Å²) < 4.78 is 0. The lowest BCUT2D eigenvalue weighted by Crippen LogP contribution is -2.02. The van der Waals surface area contributed by atoms with E-state index < -0.39 is 0 Å². The number of fused-ring (bicyclic) bond motifs is 1. The number of rotatable bonds is 6. The highest BCUT2D eigenvalue weighted by atomic mass is 15.0. The fraction of sp³-hybridized carbons (Fsp3) is 0. The fourth-order valence-corrected chi connectivity index (χ4v) is 5.55. The molecule has 6 aromatic carbocycles. The van der Waals surface area contributed by atoms with E-state index in [1.807, 2.05) is 133 Å². The van der Waals surface area contributed by atoms with Gasteiger partial charge in [0.1, 0.15) is 0 Å². The molecule has 0 spiro atoms. The van der Waals surface area contributed by atoms with Gasteiger partial charge < -0.3 is 0 Å². The number of benzene rings is 6. The predicted molar refractivity (Wildman–Crippen MR) is 183 cm³/mol. The molecule has 0 saturated heterocycles. The Labute approximate surface area is 266 Å². The molecule has 0 aliphatic rings. The van der Waals surface area contributed by atoms with Crippen LogP contribution in [-0.4, -0.2) is 29.9 Å². The van der Waals surface area contributed by atoms with E-state index in [2.05, 4.69) is 24.3 Å². The van der Waals surface area contributed by atoms with E-state index in [1.54, 1.807) is 0 Å². The van der Waals surface area contributed by atoms with Gasteiger partial charge in [0.25, 0.3) is 0 Å². The first-order valence-electron chi connectivity index (χ1n) is 15.1. The molecule has 2 aromatic heterocycles. The van der Waals surface area contributed by atoms with E-state index in [9.17, 15) is 0 Å². The topological polar surface area (TPSA) is 77.3 Å². The van der Waals surface area contributed by atoms with E-state index in [4.69, 9.17) is 29.9 Å². The van der Waals surface area contributed by atoms with Gasteiger partial charge in [-0.25, -0.2) is 29.9 Å². The van der Waals surface area contributed by atoms with Crippen LogP contribution >= 0.6 is 0 Å². The summed E-state index contributed by atoms with van der Waals surface area (Å²) in [5.41, 5.74) is 5.51. The van der Waals surface area contributed by atoms with Crippen LogP contribution in [0.3, 0.4) is 0 Å². The summed E-state index contributed by atoms with van der Waals surface area (Å²) in [6.07, 6.45) is 0. The minimum Gasteiger partial charge on any atom is -0.208 e. The molecule has 0 aliphatic heterocycles. The maximum absolute atomic E-state index is 5.00. The molecule has 0 saturated carbocycles. The molecule has 6 nitrogen and oxygen atoms in total. The van der Waals surface area contributed by atoms with E-state index >= 15 is 0 Å². The molecule has 0 fully saturated rings. The summed E-state index contributed by atoms with van der Waals surface area (Å²) in [6, 6.07) is 52.4. The first-order valence-corrected chi connectivity index (χ1v) is 15.1. The van der Waals surface area contributed by atoms with Crippen molar-refractivity contribution < 1.29 is 0 Å². The summed E-state index contributed by atoms with van der Waals surface area (Å²) in [5.74, 6) is 3.68. The highest BCUT2D eigenvalue weighted by molar-refractivity contribution is 6.03. The molecule has 0 amide bonds. The molecule has 8 aromatic rings. The zero-order valence-electron chi connectivity index (χ0n) is 24.7. The zero-order valence-corrected chi connectivity index (χ0v) is 24.7. The summed E-state index contributed by atoms with van der Waals surface area (Å²) in [7, 11) is 0. The average molecular weight is 591 g/mol. The number of hydrogen-bond acceptors (Lipinski definition) is 6. The number of nitrogens with zero attached hydrogens (tertiary/aromatic N) is 6. The largest absolute Gasteiger partial charge is 0.208 e. The molecule has 0 atom stereocenters. The maximum atomic E-state index is 5.00. The van der Waals surface area contributed by atoms with Gasteiger partial charge in [-0.15, -0.1) is 0 Å². The summed E-state index contributed by atoms with van der Waals surface area (Å²) in [6.45, 7) is 0. The summed E-state index contributed by atoms with van der Waals surface area (Å²) in [5, 5.41) is 1.99. The van der Waals surface area contributed by atoms with Gasteiger partial charge in [0.2, 0.25) is 0 Å². The zero-order chi connectivity index (χ0) is 30.7. The molecule has 0 bridgehead atoms. The normalized spacial score (nSPS) is 11.0. The summed E-state index contributed by atoms with van der Waals surface area (Å²) in [4.78, 5) is 29.7. The van der Waals surface area contributed by atoms with Crippen LogP contribution in [0.15, 0.2) is 158 Å². The average Bonchev–Trinajstić information content (AvgIpc) is 3.15. The van der Waals surface area contributed by atoms with Crippen LogP contribution < -0.4 is 0 Å². The van der Waals surface area contributed by atoms with E-state index in [-0.39, 0.29) is 0 Å².